The maximum Gasteiger partial charge on any atom is 0.252 e. The van der Waals surface area contributed by atoms with Gasteiger partial charge in [-0.15, -0.1) is 11.8 Å². The smallest absolute Gasteiger partial charge is 0.252 e. The zero-order chi connectivity index (χ0) is 13.1. The molecule has 0 fully saturated rings. The van der Waals surface area contributed by atoms with E-state index < -0.39 is 0 Å². The highest BCUT2D eigenvalue weighted by atomic mass is 32.2. The first kappa shape index (κ1) is 12.3. The van der Waals surface area contributed by atoms with Crippen molar-refractivity contribution in [1.82, 2.24) is 5.32 Å². The largest absolute Gasteiger partial charge is 0.348 e. The Morgan fingerprint density at radius 2 is 1.79 bits per heavy atom. The van der Waals surface area contributed by atoms with Gasteiger partial charge in [0.05, 0.1) is 5.56 Å². The third-order valence-corrected chi connectivity index (χ3v) is 4.47. The second kappa shape index (κ2) is 5.49. The quantitative estimate of drug-likeness (QED) is 0.907. The highest BCUT2D eigenvalue weighted by Gasteiger charge is 2.21. The van der Waals surface area contributed by atoms with Gasteiger partial charge in [0.25, 0.3) is 5.91 Å². The van der Waals surface area contributed by atoms with E-state index in [1.165, 1.54) is 5.56 Å². The number of rotatable bonds is 2. The summed E-state index contributed by atoms with van der Waals surface area (Å²) in [4.78, 5) is 13.3. The van der Waals surface area contributed by atoms with Crippen molar-refractivity contribution in [2.24, 2.45) is 0 Å². The van der Waals surface area contributed by atoms with E-state index in [9.17, 15) is 4.79 Å². The van der Waals surface area contributed by atoms with Crippen molar-refractivity contribution in [3.8, 4) is 0 Å². The third kappa shape index (κ3) is 2.82. The Morgan fingerprint density at radius 3 is 2.63 bits per heavy atom. The van der Waals surface area contributed by atoms with E-state index in [0.29, 0.717) is 0 Å². The van der Waals surface area contributed by atoms with Crippen molar-refractivity contribution in [1.29, 1.82) is 0 Å². The molecule has 1 atom stereocenters. The number of hydrogen-bond acceptors (Lipinski definition) is 2. The van der Waals surface area contributed by atoms with E-state index in [2.05, 4.69) is 17.4 Å². The lowest BCUT2D eigenvalue weighted by Crippen LogP contribution is -2.36. The molecule has 0 aromatic heterocycles. The van der Waals surface area contributed by atoms with Gasteiger partial charge in [-0.25, -0.2) is 0 Å². The molecule has 0 radical (unpaired) electrons. The van der Waals surface area contributed by atoms with E-state index in [4.69, 9.17) is 0 Å². The Kier molecular flexibility index (Phi) is 3.56. The number of nitrogens with one attached hydrogen (secondary N) is 1. The molecule has 0 saturated heterocycles. The summed E-state index contributed by atoms with van der Waals surface area (Å²) in [5, 5.41) is 3.12. The number of thioether (sulfide) groups is 1. The molecule has 0 bridgehead atoms. The summed E-state index contributed by atoms with van der Waals surface area (Å²) in [5.74, 6) is 0.957. The molecule has 1 N–H and O–H groups in total. The zero-order valence-corrected chi connectivity index (χ0v) is 11.3. The molecule has 0 spiro atoms. The first-order chi connectivity index (χ1) is 9.33. The fourth-order valence-corrected chi connectivity index (χ4v) is 3.36. The summed E-state index contributed by atoms with van der Waals surface area (Å²) in [6, 6.07) is 18.3. The highest BCUT2D eigenvalue weighted by Crippen LogP contribution is 2.26. The molecule has 1 aliphatic heterocycles. The summed E-state index contributed by atoms with van der Waals surface area (Å²) >= 11 is 1.76. The monoisotopic (exact) mass is 269 g/mol. The van der Waals surface area contributed by atoms with Crippen LogP contribution in [0.2, 0.25) is 0 Å². The summed E-state index contributed by atoms with van der Waals surface area (Å²) in [6.45, 7) is 0. The van der Waals surface area contributed by atoms with Crippen molar-refractivity contribution in [3.05, 3.63) is 65.7 Å². The van der Waals surface area contributed by atoms with Crippen molar-refractivity contribution in [2.45, 2.75) is 17.4 Å². The lowest BCUT2D eigenvalue weighted by atomic mass is 10.1. The van der Waals surface area contributed by atoms with Gasteiger partial charge in [0.15, 0.2) is 0 Å². The van der Waals surface area contributed by atoms with Crippen LogP contribution >= 0.6 is 11.8 Å². The van der Waals surface area contributed by atoms with Crippen LogP contribution in [-0.2, 0) is 6.42 Å². The molecule has 96 valence electrons. The molecule has 3 rings (SSSR count). The van der Waals surface area contributed by atoms with E-state index in [-0.39, 0.29) is 11.9 Å². The number of carbonyl (C=O) groups is 1. The van der Waals surface area contributed by atoms with Gasteiger partial charge in [-0.2, -0.15) is 0 Å². The molecule has 1 heterocycles. The van der Waals surface area contributed by atoms with Gasteiger partial charge in [0, 0.05) is 16.7 Å². The minimum Gasteiger partial charge on any atom is -0.348 e. The van der Waals surface area contributed by atoms with Gasteiger partial charge in [-0.1, -0.05) is 42.5 Å². The van der Waals surface area contributed by atoms with Crippen molar-refractivity contribution in [3.63, 3.8) is 0 Å². The lowest BCUT2D eigenvalue weighted by Gasteiger charge is -2.15. The van der Waals surface area contributed by atoms with Gasteiger partial charge in [0.2, 0.25) is 0 Å². The summed E-state index contributed by atoms with van der Waals surface area (Å²) < 4.78 is 0. The van der Waals surface area contributed by atoms with Crippen LogP contribution < -0.4 is 5.32 Å². The first-order valence-electron chi connectivity index (χ1n) is 6.39. The lowest BCUT2D eigenvalue weighted by molar-refractivity contribution is 0.0939. The summed E-state index contributed by atoms with van der Waals surface area (Å²) in [6.07, 6.45) is 0.883. The Labute approximate surface area is 117 Å². The van der Waals surface area contributed by atoms with Gasteiger partial charge in [-0.05, 0) is 24.1 Å². The molecule has 2 nitrogen and oxygen atoms in total. The molecule has 0 aliphatic carbocycles. The Morgan fingerprint density at radius 1 is 1.05 bits per heavy atom. The molecular weight excluding hydrogens is 254 g/mol. The number of hydrogen-bond donors (Lipinski definition) is 1. The van der Waals surface area contributed by atoms with Crippen LogP contribution in [0, 0.1) is 0 Å². The second-order valence-corrected chi connectivity index (χ2v) is 5.73. The van der Waals surface area contributed by atoms with Crippen LogP contribution in [0.15, 0.2) is 59.5 Å². The normalized spacial score (nSPS) is 18.3. The zero-order valence-electron chi connectivity index (χ0n) is 10.5. The van der Waals surface area contributed by atoms with Crippen molar-refractivity contribution < 1.29 is 4.79 Å². The average Bonchev–Trinajstić information content (AvgIpc) is 2.60. The maximum atomic E-state index is 12.2. The number of fused-ring (bicyclic) bond motifs is 1. The molecule has 1 aliphatic rings. The standard InChI is InChI=1S/C16H15NOS/c18-16-14-8-4-5-9-15(14)19-11-13(17-16)10-12-6-2-1-3-7-12/h1-9,13H,10-11H2,(H,17,18). The van der Waals surface area contributed by atoms with E-state index in [1.54, 1.807) is 11.8 Å². The fourth-order valence-electron chi connectivity index (χ4n) is 2.28. The van der Waals surface area contributed by atoms with Crippen molar-refractivity contribution >= 4 is 17.7 Å². The Balaban J connectivity index is 1.77. The summed E-state index contributed by atoms with van der Waals surface area (Å²) in [5.41, 5.74) is 2.06. The number of benzene rings is 2. The summed E-state index contributed by atoms with van der Waals surface area (Å²) in [7, 11) is 0. The van der Waals surface area contributed by atoms with E-state index in [0.717, 1.165) is 22.6 Å². The van der Waals surface area contributed by atoms with Crippen LogP contribution in [0.1, 0.15) is 15.9 Å². The van der Waals surface area contributed by atoms with Crippen LogP contribution in [0.4, 0.5) is 0 Å². The molecule has 19 heavy (non-hydrogen) atoms. The SMILES string of the molecule is O=C1NC(Cc2ccccc2)CSc2ccccc21. The third-order valence-electron chi connectivity index (χ3n) is 3.23. The van der Waals surface area contributed by atoms with Crippen LogP contribution in [0.3, 0.4) is 0 Å². The second-order valence-electron chi connectivity index (χ2n) is 4.67. The van der Waals surface area contributed by atoms with Crippen LogP contribution in [0.5, 0.6) is 0 Å². The molecule has 1 amide bonds. The minimum atomic E-state index is 0.0431. The van der Waals surface area contributed by atoms with E-state index >= 15 is 0 Å². The van der Waals surface area contributed by atoms with E-state index in [1.807, 2.05) is 42.5 Å². The topological polar surface area (TPSA) is 29.1 Å². The molecule has 2 aromatic carbocycles. The number of carbonyl (C=O) groups excluding carboxylic acids is 1. The van der Waals surface area contributed by atoms with Gasteiger partial charge >= 0.3 is 0 Å². The Bertz CT molecular complexity index is 582. The highest BCUT2D eigenvalue weighted by molar-refractivity contribution is 7.99. The van der Waals surface area contributed by atoms with Gasteiger partial charge in [-0.3, -0.25) is 4.79 Å². The molecule has 3 heteroatoms. The van der Waals surface area contributed by atoms with Gasteiger partial charge < -0.3 is 5.32 Å². The minimum absolute atomic E-state index is 0.0431. The van der Waals surface area contributed by atoms with Crippen molar-refractivity contribution in [2.75, 3.05) is 5.75 Å². The molecule has 1 unspecified atom stereocenters. The number of amides is 1. The van der Waals surface area contributed by atoms with Gasteiger partial charge in [0.1, 0.15) is 0 Å². The first-order valence-corrected chi connectivity index (χ1v) is 7.38. The predicted molar refractivity (Wildman–Crippen MR) is 78.6 cm³/mol. The average molecular weight is 269 g/mol. The predicted octanol–water partition coefficient (Wildman–Crippen LogP) is 3.13. The molecular formula is C16H15NOS. The maximum absolute atomic E-state index is 12.2. The molecule has 0 saturated carbocycles. The van der Waals surface area contributed by atoms with Crippen LogP contribution in [-0.4, -0.2) is 17.7 Å². The molecule has 2 aromatic rings. The Hall–Kier alpha value is -1.74. The fraction of sp³-hybridized carbons (Fsp3) is 0.188. The van der Waals surface area contributed by atoms with Crippen LogP contribution in [0.25, 0.3) is 0 Å².